The number of carbonyl (C=O) groups excluding carboxylic acids is 3. The SMILES string of the molecule is [C-]#[N+]c1ccc(OC(=O)c2ccc3cc(OC(=O)OCCCCOC(=O)C=C)ccc3c2)cc1. The molecule has 34 heavy (non-hydrogen) atoms. The first-order valence-corrected chi connectivity index (χ1v) is 10.4. The number of hydrogen-bond donors (Lipinski definition) is 0. The van der Waals surface area contributed by atoms with Crippen molar-refractivity contribution in [2.24, 2.45) is 0 Å². The van der Waals surface area contributed by atoms with Gasteiger partial charge >= 0.3 is 18.1 Å². The molecule has 3 aromatic carbocycles. The first-order chi connectivity index (χ1) is 16.5. The highest BCUT2D eigenvalue weighted by Gasteiger charge is 2.11. The average molecular weight is 459 g/mol. The lowest BCUT2D eigenvalue weighted by molar-refractivity contribution is -0.137. The Morgan fingerprint density at radius 2 is 1.47 bits per heavy atom. The van der Waals surface area contributed by atoms with Gasteiger partial charge in [0.25, 0.3) is 0 Å². The molecule has 0 aliphatic heterocycles. The molecule has 0 unspecified atom stereocenters. The van der Waals surface area contributed by atoms with Crippen molar-refractivity contribution in [1.29, 1.82) is 0 Å². The highest BCUT2D eigenvalue weighted by molar-refractivity contribution is 5.96. The van der Waals surface area contributed by atoms with Crippen LogP contribution in [0.5, 0.6) is 11.5 Å². The molecular formula is C26H21NO7. The van der Waals surface area contributed by atoms with E-state index in [1.54, 1.807) is 60.7 Å². The van der Waals surface area contributed by atoms with Crippen molar-refractivity contribution < 1.29 is 33.3 Å². The normalized spacial score (nSPS) is 10.1. The van der Waals surface area contributed by atoms with Gasteiger partial charge < -0.3 is 18.9 Å². The van der Waals surface area contributed by atoms with Crippen LogP contribution in [0.25, 0.3) is 15.6 Å². The van der Waals surface area contributed by atoms with Gasteiger partial charge in [-0.3, -0.25) is 0 Å². The Balaban J connectivity index is 1.51. The second-order valence-corrected chi connectivity index (χ2v) is 7.00. The Labute approximate surface area is 196 Å². The molecule has 0 amide bonds. The summed E-state index contributed by atoms with van der Waals surface area (Å²) in [6, 6.07) is 16.2. The van der Waals surface area contributed by atoms with Crippen LogP contribution < -0.4 is 9.47 Å². The van der Waals surface area contributed by atoms with Crippen LogP contribution in [0.3, 0.4) is 0 Å². The van der Waals surface area contributed by atoms with Gasteiger partial charge in [-0.05, 0) is 60.0 Å². The van der Waals surface area contributed by atoms with Crippen LogP contribution in [-0.4, -0.2) is 31.3 Å². The predicted molar refractivity (Wildman–Crippen MR) is 124 cm³/mol. The predicted octanol–water partition coefficient (Wildman–Crippen LogP) is 5.63. The summed E-state index contributed by atoms with van der Waals surface area (Å²) in [7, 11) is 0. The lowest BCUT2D eigenvalue weighted by Gasteiger charge is -2.08. The minimum absolute atomic E-state index is 0.129. The molecule has 0 bridgehead atoms. The lowest BCUT2D eigenvalue weighted by Crippen LogP contribution is -2.12. The van der Waals surface area contributed by atoms with Crippen molar-refractivity contribution in [3.05, 3.63) is 90.3 Å². The van der Waals surface area contributed by atoms with Crippen molar-refractivity contribution in [3.8, 4) is 11.5 Å². The monoisotopic (exact) mass is 459 g/mol. The number of benzene rings is 3. The van der Waals surface area contributed by atoms with E-state index in [0.29, 0.717) is 35.6 Å². The first-order valence-electron chi connectivity index (χ1n) is 10.4. The maximum absolute atomic E-state index is 12.4. The summed E-state index contributed by atoms with van der Waals surface area (Å²) in [5.41, 5.74) is 0.813. The molecule has 8 heteroatoms. The van der Waals surface area contributed by atoms with E-state index in [0.717, 1.165) is 16.8 Å². The van der Waals surface area contributed by atoms with Crippen LogP contribution in [0.4, 0.5) is 10.5 Å². The molecule has 0 radical (unpaired) electrons. The van der Waals surface area contributed by atoms with Crippen molar-refractivity contribution in [2.75, 3.05) is 13.2 Å². The molecule has 3 aromatic rings. The van der Waals surface area contributed by atoms with Gasteiger partial charge in [0, 0.05) is 6.08 Å². The summed E-state index contributed by atoms with van der Waals surface area (Å²) in [4.78, 5) is 38.5. The van der Waals surface area contributed by atoms with E-state index in [1.165, 1.54) is 0 Å². The fraction of sp³-hybridized carbons (Fsp3) is 0.154. The number of ether oxygens (including phenoxy) is 4. The van der Waals surface area contributed by atoms with Gasteiger partial charge in [0.05, 0.1) is 25.3 Å². The number of nitrogens with zero attached hydrogens (tertiary/aromatic N) is 1. The number of esters is 2. The maximum Gasteiger partial charge on any atom is 0.513 e. The molecular weight excluding hydrogens is 438 g/mol. The van der Waals surface area contributed by atoms with Gasteiger partial charge in [-0.1, -0.05) is 30.8 Å². The van der Waals surface area contributed by atoms with E-state index in [1.807, 2.05) is 0 Å². The summed E-state index contributed by atoms with van der Waals surface area (Å²) in [6.07, 6.45) is 1.30. The van der Waals surface area contributed by atoms with Crippen LogP contribution in [0.2, 0.25) is 0 Å². The van der Waals surface area contributed by atoms with Gasteiger partial charge in [0.2, 0.25) is 0 Å². The van der Waals surface area contributed by atoms with Crippen molar-refractivity contribution in [1.82, 2.24) is 0 Å². The minimum atomic E-state index is -0.841. The second-order valence-electron chi connectivity index (χ2n) is 7.00. The quantitative estimate of drug-likeness (QED) is 0.102. The molecule has 0 atom stereocenters. The van der Waals surface area contributed by atoms with Gasteiger partial charge in [-0.15, -0.1) is 0 Å². The summed E-state index contributed by atoms with van der Waals surface area (Å²) >= 11 is 0. The fourth-order valence-electron chi connectivity index (χ4n) is 2.89. The zero-order valence-corrected chi connectivity index (χ0v) is 18.2. The summed E-state index contributed by atoms with van der Waals surface area (Å²) in [5, 5.41) is 1.51. The van der Waals surface area contributed by atoms with Crippen LogP contribution in [0.1, 0.15) is 23.2 Å². The summed E-state index contributed by atoms with van der Waals surface area (Å²) < 4.78 is 20.4. The largest absolute Gasteiger partial charge is 0.513 e. The van der Waals surface area contributed by atoms with Crippen molar-refractivity contribution >= 4 is 34.6 Å². The van der Waals surface area contributed by atoms with E-state index in [-0.39, 0.29) is 13.2 Å². The number of fused-ring (bicyclic) bond motifs is 1. The van der Waals surface area contributed by atoms with E-state index in [2.05, 4.69) is 11.4 Å². The molecule has 0 spiro atoms. The molecule has 0 N–H and O–H groups in total. The topological polar surface area (TPSA) is 92.5 Å². The Hall–Kier alpha value is -4.64. The van der Waals surface area contributed by atoms with Crippen LogP contribution in [-0.2, 0) is 14.3 Å². The molecule has 0 saturated heterocycles. The summed E-state index contributed by atoms with van der Waals surface area (Å²) in [5.74, 6) is -0.376. The Morgan fingerprint density at radius 3 is 2.18 bits per heavy atom. The number of carbonyl (C=O) groups is 3. The zero-order chi connectivity index (χ0) is 24.3. The third-order valence-electron chi connectivity index (χ3n) is 4.59. The van der Waals surface area contributed by atoms with Gasteiger partial charge in [-0.2, -0.15) is 0 Å². The molecule has 0 fully saturated rings. The standard InChI is InChI=1S/C26H21NO7/c1-3-24(28)31-14-4-5-15-32-26(30)34-23-11-8-18-16-20(7-6-19(18)17-23)25(29)33-22-12-9-21(27-2)10-13-22/h3,6-13,16-17H,1,4-5,14-15H2. The summed E-state index contributed by atoms with van der Waals surface area (Å²) in [6.45, 7) is 10.6. The molecule has 0 aliphatic rings. The number of rotatable bonds is 9. The van der Waals surface area contributed by atoms with E-state index >= 15 is 0 Å². The van der Waals surface area contributed by atoms with E-state index in [4.69, 9.17) is 25.5 Å². The maximum atomic E-state index is 12.4. The minimum Gasteiger partial charge on any atom is -0.463 e. The second kappa shape index (κ2) is 11.8. The molecule has 3 rings (SSSR count). The highest BCUT2D eigenvalue weighted by atomic mass is 16.7. The average Bonchev–Trinajstić information content (AvgIpc) is 2.86. The van der Waals surface area contributed by atoms with Crippen molar-refractivity contribution in [2.45, 2.75) is 12.8 Å². The first kappa shape index (κ1) is 24.0. The molecule has 172 valence electrons. The highest BCUT2D eigenvalue weighted by Crippen LogP contribution is 2.24. The third kappa shape index (κ3) is 6.93. The van der Waals surface area contributed by atoms with Crippen molar-refractivity contribution in [3.63, 3.8) is 0 Å². The fourth-order valence-corrected chi connectivity index (χ4v) is 2.89. The van der Waals surface area contributed by atoms with Gasteiger partial charge in [0.1, 0.15) is 11.5 Å². The van der Waals surface area contributed by atoms with E-state index in [9.17, 15) is 14.4 Å². The molecule has 0 aromatic heterocycles. The van der Waals surface area contributed by atoms with Crippen LogP contribution in [0.15, 0.2) is 73.3 Å². The van der Waals surface area contributed by atoms with Gasteiger partial charge in [0.15, 0.2) is 5.69 Å². The zero-order valence-electron chi connectivity index (χ0n) is 18.2. The Kier molecular flexibility index (Phi) is 8.36. The number of unbranched alkanes of at least 4 members (excludes halogenated alkanes) is 1. The molecule has 0 saturated carbocycles. The van der Waals surface area contributed by atoms with Gasteiger partial charge in [-0.25, -0.2) is 19.2 Å². The van der Waals surface area contributed by atoms with Crippen LogP contribution >= 0.6 is 0 Å². The van der Waals surface area contributed by atoms with Crippen LogP contribution in [0, 0.1) is 6.57 Å². The Morgan fingerprint density at radius 1 is 0.824 bits per heavy atom. The molecule has 0 heterocycles. The molecule has 0 aliphatic carbocycles. The molecule has 8 nitrogen and oxygen atoms in total. The Bertz CT molecular complexity index is 1240. The van der Waals surface area contributed by atoms with E-state index < -0.39 is 18.1 Å². The number of hydrogen-bond acceptors (Lipinski definition) is 7. The smallest absolute Gasteiger partial charge is 0.463 e. The lowest BCUT2D eigenvalue weighted by atomic mass is 10.1. The third-order valence-corrected chi connectivity index (χ3v) is 4.59.